The van der Waals surface area contributed by atoms with E-state index in [9.17, 15) is 4.79 Å². The molecule has 1 heterocycles. The van der Waals surface area contributed by atoms with Crippen molar-refractivity contribution in [2.45, 2.75) is 25.5 Å². The molecule has 0 radical (unpaired) electrons. The van der Waals surface area contributed by atoms with Crippen molar-refractivity contribution >= 4 is 5.91 Å². The van der Waals surface area contributed by atoms with Gasteiger partial charge >= 0.3 is 0 Å². The first-order valence-corrected chi connectivity index (χ1v) is 5.93. The van der Waals surface area contributed by atoms with Gasteiger partial charge in [0.1, 0.15) is 5.75 Å². The molecule has 0 unspecified atom stereocenters. The molecule has 2 atom stereocenters. The highest BCUT2D eigenvalue weighted by molar-refractivity contribution is 5.81. The summed E-state index contributed by atoms with van der Waals surface area (Å²) in [7, 11) is 0. The quantitative estimate of drug-likeness (QED) is 0.849. The fraction of sp³-hybridized carbons (Fsp3) is 0.462. The van der Waals surface area contributed by atoms with Gasteiger partial charge < -0.3 is 15.4 Å². The summed E-state index contributed by atoms with van der Waals surface area (Å²) in [6.45, 7) is 3.16. The molecule has 92 valence electrons. The lowest BCUT2D eigenvalue weighted by molar-refractivity contribution is -0.136. The molecule has 4 heteroatoms. The van der Waals surface area contributed by atoms with E-state index in [1.807, 2.05) is 30.3 Å². The average molecular weight is 234 g/mol. The Labute approximate surface area is 101 Å². The summed E-state index contributed by atoms with van der Waals surface area (Å²) in [5, 5.41) is 0. The topological polar surface area (TPSA) is 55.6 Å². The van der Waals surface area contributed by atoms with Crippen molar-refractivity contribution in [1.29, 1.82) is 0 Å². The van der Waals surface area contributed by atoms with Gasteiger partial charge in [0.25, 0.3) is 5.91 Å². The number of carbonyl (C=O) groups excluding carboxylic acids is 1. The minimum absolute atomic E-state index is 0.0156. The Morgan fingerprint density at radius 1 is 1.47 bits per heavy atom. The van der Waals surface area contributed by atoms with Gasteiger partial charge in [0.15, 0.2) is 6.10 Å². The number of benzene rings is 1. The number of hydrogen-bond acceptors (Lipinski definition) is 3. The fourth-order valence-electron chi connectivity index (χ4n) is 2.00. The monoisotopic (exact) mass is 234 g/mol. The third-order valence-electron chi connectivity index (χ3n) is 2.94. The van der Waals surface area contributed by atoms with Gasteiger partial charge in [-0.05, 0) is 25.5 Å². The third kappa shape index (κ3) is 2.97. The van der Waals surface area contributed by atoms with Crippen molar-refractivity contribution in [3.05, 3.63) is 30.3 Å². The molecule has 1 aliphatic rings. The maximum absolute atomic E-state index is 12.0. The summed E-state index contributed by atoms with van der Waals surface area (Å²) in [4.78, 5) is 13.8. The van der Waals surface area contributed by atoms with Crippen LogP contribution in [0.15, 0.2) is 30.3 Å². The number of hydrogen-bond donors (Lipinski definition) is 1. The minimum Gasteiger partial charge on any atom is -0.481 e. The number of likely N-dealkylation sites (tertiary alicyclic amines) is 1. The summed E-state index contributed by atoms with van der Waals surface area (Å²) in [5.41, 5.74) is 5.78. The van der Waals surface area contributed by atoms with E-state index in [-0.39, 0.29) is 11.9 Å². The summed E-state index contributed by atoms with van der Waals surface area (Å²) >= 11 is 0. The Kier molecular flexibility index (Phi) is 3.64. The predicted octanol–water partition coefficient (Wildman–Crippen LogP) is 1.01. The van der Waals surface area contributed by atoms with Crippen LogP contribution in [-0.4, -0.2) is 36.0 Å². The van der Waals surface area contributed by atoms with Crippen molar-refractivity contribution in [3.8, 4) is 5.75 Å². The Bertz CT molecular complexity index is 380. The van der Waals surface area contributed by atoms with E-state index in [0.29, 0.717) is 6.54 Å². The second kappa shape index (κ2) is 5.19. The molecule has 1 aromatic carbocycles. The molecule has 17 heavy (non-hydrogen) atoms. The standard InChI is InChI=1S/C13H18N2O2/c1-10(17-12-5-3-2-4-6-12)13(16)15-8-7-11(14)9-15/h2-6,10-11H,7-9,14H2,1H3/t10-,11-/m1/s1. The lowest BCUT2D eigenvalue weighted by Crippen LogP contribution is -2.40. The Hall–Kier alpha value is -1.55. The van der Waals surface area contributed by atoms with Crippen LogP contribution < -0.4 is 10.5 Å². The molecular formula is C13H18N2O2. The van der Waals surface area contributed by atoms with Crippen molar-refractivity contribution < 1.29 is 9.53 Å². The molecule has 2 rings (SSSR count). The number of ether oxygens (including phenoxy) is 1. The maximum Gasteiger partial charge on any atom is 0.263 e. The number of para-hydroxylation sites is 1. The first-order valence-electron chi connectivity index (χ1n) is 5.93. The highest BCUT2D eigenvalue weighted by atomic mass is 16.5. The zero-order valence-corrected chi connectivity index (χ0v) is 10.0. The number of nitrogens with zero attached hydrogens (tertiary/aromatic N) is 1. The molecule has 2 N–H and O–H groups in total. The van der Waals surface area contributed by atoms with Gasteiger partial charge in [-0.2, -0.15) is 0 Å². The molecule has 1 aromatic rings. The maximum atomic E-state index is 12.0. The van der Waals surface area contributed by atoms with Crippen molar-refractivity contribution in [2.24, 2.45) is 5.73 Å². The Morgan fingerprint density at radius 2 is 2.18 bits per heavy atom. The summed E-state index contributed by atoms with van der Waals surface area (Å²) in [6.07, 6.45) is 0.423. The van der Waals surface area contributed by atoms with Crippen LogP contribution in [-0.2, 0) is 4.79 Å². The smallest absolute Gasteiger partial charge is 0.263 e. The van der Waals surface area contributed by atoms with Crippen molar-refractivity contribution in [3.63, 3.8) is 0 Å². The van der Waals surface area contributed by atoms with Gasteiger partial charge in [0, 0.05) is 19.1 Å². The van der Waals surface area contributed by atoms with Crippen molar-refractivity contribution in [1.82, 2.24) is 4.90 Å². The van der Waals surface area contributed by atoms with Crippen molar-refractivity contribution in [2.75, 3.05) is 13.1 Å². The minimum atomic E-state index is -0.456. The van der Waals surface area contributed by atoms with Crippen LogP contribution in [0.5, 0.6) is 5.75 Å². The summed E-state index contributed by atoms with van der Waals surface area (Å²) in [5.74, 6) is 0.735. The highest BCUT2D eigenvalue weighted by Gasteiger charge is 2.27. The number of rotatable bonds is 3. The molecule has 1 amide bonds. The summed E-state index contributed by atoms with van der Waals surface area (Å²) in [6, 6.07) is 9.50. The van der Waals surface area contributed by atoms with Crippen LogP contribution >= 0.6 is 0 Å². The number of amides is 1. The van der Waals surface area contributed by atoms with Crippen LogP contribution in [0.4, 0.5) is 0 Å². The SMILES string of the molecule is C[C@@H](Oc1ccccc1)C(=O)N1CC[C@@H](N)C1. The normalized spacial score (nSPS) is 21.3. The van der Waals surface area contributed by atoms with E-state index in [1.54, 1.807) is 11.8 Å². The van der Waals surface area contributed by atoms with E-state index >= 15 is 0 Å². The first kappa shape index (κ1) is 11.9. The molecule has 1 fully saturated rings. The van der Waals surface area contributed by atoms with Gasteiger partial charge in [-0.15, -0.1) is 0 Å². The van der Waals surface area contributed by atoms with Crippen LogP contribution in [0.25, 0.3) is 0 Å². The third-order valence-corrected chi connectivity index (χ3v) is 2.94. The molecule has 0 aromatic heterocycles. The van der Waals surface area contributed by atoms with E-state index < -0.39 is 6.10 Å². The van der Waals surface area contributed by atoms with Gasteiger partial charge in [-0.1, -0.05) is 18.2 Å². The Morgan fingerprint density at radius 3 is 2.76 bits per heavy atom. The molecule has 0 aliphatic carbocycles. The molecular weight excluding hydrogens is 216 g/mol. The lowest BCUT2D eigenvalue weighted by atomic mass is 10.3. The second-order valence-corrected chi connectivity index (χ2v) is 4.41. The van der Waals surface area contributed by atoms with Gasteiger partial charge in [0.2, 0.25) is 0 Å². The molecule has 1 saturated heterocycles. The van der Waals surface area contributed by atoms with E-state index in [0.717, 1.165) is 18.7 Å². The second-order valence-electron chi connectivity index (χ2n) is 4.41. The lowest BCUT2D eigenvalue weighted by Gasteiger charge is -2.21. The van der Waals surface area contributed by atoms with Crippen LogP contribution in [0, 0.1) is 0 Å². The van der Waals surface area contributed by atoms with Gasteiger partial charge in [-0.3, -0.25) is 4.79 Å². The molecule has 0 saturated carbocycles. The zero-order chi connectivity index (χ0) is 12.3. The number of nitrogens with two attached hydrogens (primary N) is 1. The summed E-state index contributed by atoms with van der Waals surface area (Å²) < 4.78 is 5.59. The molecule has 0 spiro atoms. The van der Waals surface area contributed by atoms with E-state index in [4.69, 9.17) is 10.5 Å². The van der Waals surface area contributed by atoms with E-state index in [1.165, 1.54) is 0 Å². The van der Waals surface area contributed by atoms with Gasteiger partial charge in [-0.25, -0.2) is 0 Å². The highest BCUT2D eigenvalue weighted by Crippen LogP contribution is 2.14. The molecule has 4 nitrogen and oxygen atoms in total. The average Bonchev–Trinajstić information content (AvgIpc) is 2.76. The molecule has 0 bridgehead atoms. The van der Waals surface area contributed by atoms with Gasteiger partial charge in [0.05, 0.1) is 0 Å². The first-order chi connectivity index (χ1) is 8.16. The van der Waals surface area contributed by atoms with Crippen LogP contribution in [0.2, 0.25) is 0 Å². The Balaban J connectivity index is 1.92. The molecule has 1 aliphatic heterocycles. The predicted molar refractivity (Wildman–Crippen MR) is 65.7 cm³/mol. The van der Waals surface area contributed by atoms with Crippen LogP contribution in [0.3, 0.4) is 0 Å². The zero-order valence-electron chi connectivity index (χ0n) is 10.0. The van der Waals surface area contributed by atoms with Crippen LogP contribution in [0.1, 0.15) is 13.3 Å². The fourth-order valence-corrected chi connectivity index (χ4v) is 2.00. The van der Waals surface area contributed by atoms with E-state index in [2.05, 4.69) is 0 Å². The largest absolute Gasteiger partial charge is 0.481 e. The number of carbonyl (C=O) groups is 1.